The summed E-state index contributed by atoms with van der Waals surface area (Å²) in [5, 5.41) is 0. The maximum absolute atomic E-state index is 11.4. The van der Waals surface area contributed by atoms with Crippen LogP contribution in [0.2, 0.25) is 0 Å². The Balaban J connectivity index is 2.69. The fourth-order valence-electron chi connectivity index (χ4n) is 1.73. The van der Waals surface area contributed by atoms with Crippen LogP contribution in [0.1, 0.15) is 13.8 Å². The zero-order chi connectivity index (χ0) is 10.0. The number of nitrogens with zero attached hydrogens (tertiary/aromatic N) is 2. The van der Waals surface area contributed by atoms with Crippen LogP contribution in [0.5, 0.6) is 0 Å². The van der Waals surface area contributed by atoms with Crippen LogP contribution < -0.4 is 0 Å². The van der Waals surface area contributed by atoms with Crippen molar-refractivity contribution in [1.29, 1.82) is 0 Å². The Morgan fingerprint density at radius 2 is 2.00 bits per heavy atom. The van der Waals surface area contributed by atoms with Crippen molar-refractivity contribution >= 4 is 5.91 Å². The van der Waals surface area contributed by atoms with E-state index in [0.717, 1.165) is 13.1 Å². The topological polar surface area (TPSA) is 23.6 Å². The van der Waals surface area contributed by atoms with Gasteiger partial charge in [-0.25, -0.2) is 0 Å². The molecular weight excluding hydrogens is 164 g/mol. The van der Waals surface area contributed by atoms with Crippen molar-refractivity contribution in [3.8, 4) is 0 Å². The maximum atomic E-state index is 11.4. The summed E-state index contributed by atoms with van der Waals surface area (Å²) in [6.45, 7) is 9.50. The first-order chi connectivity index (χ1) is 6.07. The Morgan fingerprint density at radius 3 is 2.54 bits per heavy atom. The molecule has 0 radical (unpaired) electrons. The summed E-state index contributed by atoms with van der Waals surface area (Å²) >= 11 is 0. The van der Waals surface area contributed by atoms with Gasteiger partial charge in [0, 0.05) is 25.2 Å². The summed E-state index contributed by atoms with van der Waals surface area (Å²) in [5.41, 5.74) is 0. The zero-order valence-corrected chi connectivity index (χ0v) is 8.66. The highest BCUT2D eigenvalue weighted by atomic mass is 16.2. The highest BCUT2D eigenvalue weighted by Gasteiger charge is 2.29. The van der Waals surface area contributed by atoms with Crippen molar-refractivity contribution in [1.82, 2.24) is 9.80 Å². The molecule has 0 aromatic heterocycles. The summed E-state index contributed by atoms with van der Waals surface area (Å²) in [7, 11) is 2.09. The third-order valence-electron chi connectivity index (χ3n) is 3.04. The lowest BCUT2D eigenvalue weighted by Crippen LogP contribution is -2.57. The number of rotatable bonds is 1. The molecule has 1 rings (SSSR count). The average molecular weight is 182 g/mol. The number of likely N-dealkylation sites (N-methyl/N-ethyl adjacent to an activating group) is 1. The van der Waals surface area contributed by atoms with E-state index < -0.39 is 0 Å². The molecule has 74 valence electrons. The van der Waals surface area contributed by atoms with E-state index in [9.17, 15) is 4.79 Å². The van der Waals surface area contributed by atoms with Gasteiger partial charge >= 0.3 is 0 Å². The van der Waals surface area contributed by atoms with Crippen molar-refractivity contribution in [2.75, 3.05) is 20.1 Å². The number of hydrogen-bond acceptors (Lipinski definition) is 2. The summed E-state index contributed by atoms with van der Waals surface area (Å²) in [5.74, 6) is 0.0486. The summed E-state index contributed by atoms with van der Waals surface area (Å²) in [4.78, 5) is 15.6. The van der Waals surface area contributed by atoms with Gasteiger partial charge in [-0.3, -0.25) is 9.69 Å². The molecule has 1 fully saturated rings. The van der Waals surface area contributed by atoms with Crippen LogP contribution in [0.4, 0.5) is 0 Å². The monoisotopic (exact) mass is 182 g/mol. The van der Waals surface area contributed by atoms with Crippen molar-refractivity contribution in [3.05, 3.63) is 12.7 Å². The molecule has 0 spiro atoms. The van der Waals surface area contributed by atoms with Crippen LogP contribution >= 0.6 is 0 Å². The van der Waals surface area contributed by atoms with Crippen LogP contribution in [0.15, 0.2) is 12.7 Å². The predicted molar refractivity (Wildman–Crippen MR) is 53.5 cm³/mol. The minimum absolute atomic E-state index is 0.0486. The number of amides is 1. The van der Waals surface area contributed by atoms with Crippen molar-refractivity contribution < 1.29 is 4.79 Å². The van der Waals surface area contributed by atoms with Gasteiger partial charge < -0.3 is 4.90 Å². The molecule has 1 heterocycles. The Kier molecular flexibility index (Phi) is 3.09. The number of hydrogen-bond donors (Lipinski definition) is 0. The van der Waals surface area contributed by atoms with Gasteiger partial charge in [-0.05, 0) is 27.0 Å². The first-order valence-electron chi connectivity index (χ1n) is 4.71. The Hall–Kier alpha value is -0.830. The van der Waals surface area contributed by atoms with Crippen molar-refractivity contribution in [2.45, 2.75) is 25.9 Å². The molecule has 1 amide bonds. The largest absolute Gasteiger partial charge is 0.334 e. The summed E-state index contributed by atoms with van der Waals surface area (Å²) < 4.78 is 0. The molecule has 0 aromatic carbocycles. The normalized spacial score (nSPS) is 30.2. The van der Waals surface area contributed by atoms with E-state index in [0.29, 0.717) is 6.04 Å². The van der Waals surface area contributed by atoms with E-state index in [-0.39, 0.29) is 11.9 Å². The van der Waals surface area contributed by atoms with E-state index in [1.165, 1.54) is 6.08 Å². The van der Waals surface area contributed by atoms with Crippen molar-refractivity contribution in [3.63, 3.8) is 0 Å². The van der Waals surface area contributed by atoms with Crippen LogP contribution in [0.25, 0.3) is 0 Å². The number of carbonyl (C=O) groups is 1. The van der Waals surface area contributed by atoms with E-state index in [1.54, 1.807) is 0 Å². The summed E-state index contributed by atoms with van der Waals surface area (Å²) in [6.07, 6.45) is 1.40. The first kappa shape index (κ1) is 10.3. The number of piperazine rings is 1. The molecule has 1 aliphatic rings. The molecule has 0 aliphatic carbocycles. The standard InChI is InChI=1S/C10H18N2O/c1-5-10(13)12-7-6-11(4)8(2)9(12)3/h5,8-9H,1,6-7H2,2-4H3. The van der Waals surface area contributed by atoms with Gasteiger partial charge in [-0.1, -0.05) is 6.58 Å². The average Bonchev–Trinajstić information content (AvgIpc) is 2.13. The first-order valence-corrected chi connectivity index (χ1v) is 4.71. The van der Waals surface area contributed by atoms with E-state index in [4.69, 9.17) is 0 Å². The Labute approximate surface area is 80.0 Å². The smallest absolute Gasteiger partial charge is 0.246 e. The van der Waals surface area contributed by atoms with Crippen LogP contribution in [-0.4, -0.2) is 47.9 Å². The van der Waals surface area contributed by atoms with Gasteiger partial charge in [-0.15, -0.1) is 0 Å². The molecule has 2 unspecified atom stereocenters. The highest BCUT2D eigenvalue weighted by Crippen LogP contribution is 2.15. The van der Waals surface area contributed by atoms with Gasteiger partial charge in [0.15, 0.2) is 0 Å². The predicted octanol–water partition coefficient (Wildman–Crippen LogP) is 0.723. The minimum Gasteiger partial charge on any atom is -0.334 e. The highest BCUT2D eigenvalue weighted by molar-refractivity contribution is 5.87. The maximum Gasteiger partial charge on any atom is 0.246 e. The molecule has 0 N–H and O–H groups in total. The lowest BCUT2D eigenvalue weighted by atomic mass is 10.1. The van der Waals surface area contributed by atoms with Gasteiger partial charge in [0.2, 0.25) is 5.91 Å². The second-order valence-corrected chi connectivity index (χ2v) is 3.70. The molecular formula is C10H18N2O. The lowest BCUT2D eigenvalue weighted by molar-refractivity contribution is -0.131. The fourth-order valence-corrected chi connectivity index (χ4v) is 1.73. The lowest BCUT2D eigenvalue weighted by Gasteiger charge is -2.43. The van der Waals surface area contributed by atoms with Gasteiger partial charge in [-0.2, -0.15) is 0 Å². The third-order valence-corrected chi connectivity index (χ3v) is 3.04. The quantitative estimate of drug-likeness (QED) is 0.558. The second-order valence-electron chi connectivity index (χ2n) is 3.70. The van der Waals surface area contributed by atoms with Crippen LogP contribution in [0.3, 0.4) is 0 Å². The minimum atomic E-state index is 0.0486. The molecule has 0 saturated carbocycles. The van der Waals surface area contributed by atoms with E-state index in [1.807, 2.05) is 4.90 Å². The molecule has 3 nitrogen and oxygen atoms in total. The molecule has 0 bridgehead atoms. The molecule has 0 aromatic rings. The molecule has 2 atom stereocenters. The Bertz CT molecular complexity index is 215. The SMILES string of the molecule is C=CC(=O)N1CCN(C)C(C)C1C. The van der Waals surface area contributed by atoms with Gasteiger partial charge in [0.1, 0.15) is 0 Å². The molecule has 3 heteroatoms. The summed E-state index contributed by atoms with van der Waals surface area (Å²) in [6, 6.07) is 0.710. The van der Waals surface area contributed by atoms with Crippen molar-refractivity contribution in [2.24, 2.45) is 0 Å². The van der Waals surface area contributed by atoms with E-state index >= 15 is 0 Å². The number of carbonyl (C=O) groups excluding carboxylic acids is 1. The van der Waals surface area contributed by atoms with Gasteiger partial charge in [0.05, 0.1) is 0 Å². The van der Waals surface area contributed by atoms with E-state index in [2.05, 4.69) is 32.4 Å². The molecule has 1 saturated heterocycles. The van der Waals surface area contributed by atoms with Gasteiger partial charge in [0.25, 0.3) is 0 Å². The third kappa shape index (κ3) is 1.91. The molecule has 13 heavy (non-hydrogen) atoms. The van der Waals surface area contributed by atoms with Crippen LogP contribution in [0, 0.1) is 0 Å². The second kappa shape index (κ2) is 3.92. The molecule has 1 aliphatic heterocycles. The van der Waals surface area contributed by atoms with Crippen LogP contribution in [-0.2, 0) is 4.79 Å². The fraction of sp³-hybridized carbons (Fsp3) is 0.700. The zero-order valence-electron chi connectivity index (χ0n) is 8.66. The Morgan fingerprint density at radius 1 is 1.38 bits per heavy atom.